The number of aliphatic hydroxyl groups is 1. The van der Waals surface area contributed by atoms with E-state index in [4.69, 9.17) is 14.6 Å². The Bertz CT molecular complexity index is 429. The van der Waals surface area contributed by atoms with Crippen molar-refractivity contribution in [1.82, 2.24) is 5.32 Å². The molecule has 5 heteroatoms. The first-order chi connectivity index (χ1) is 9.19. The summed E-state index contributed by atoms with van der Waals surface area (Å²) in [5, 5.41) is 11.9. The monoisotopic (exact) mass is 265 g/mol. The fourth-order valence-corrected chi connectivity index (χ4v) is 1.96. The highest BCUT2D eigenvalue weighted by Crippen LogP contribution is 2.26. The molecule has 1 fully saturated rings. The molecule has 19 heavy (non-hydrogen) atoms. The third-order valence-corrected chi connectivity index (χ3v) is 2.99. The molecule has 0 atom stereocenters. The van der Waals surface area contributed by atoms with Gasteiger partial charge in [0.25, 0.3) is 5.91 Å². The van der Waals surface area contributed by atoms with Crippen LogP contribution < -0.4 is 14.8 Å². The Morgan fingerprint density at radius 1 is 1.32 bits per heavy atom. The van der Waals surface area contributed by atoms with Crippen LogP contribution in [0.1, 0.15) is 19.8 Å². The van der Waals surface area contributed by atoms with E-state index < -0.39 is 0 Å². The third-order valence-electron chi connectivity index (χ3n) is 2.99. The summed E-state index contributed by atoms with van der Waals surface area (Å²) in [6.07, 6.45) is 0.979. The summed E-state index contributed by atoms with van der Waals surface area (Å²) in [5.74, 6) is 1.02. The molecule has 2 rings (SSSR count). The van der Waals surface area contributed by atoms with Crippen molar-refractivity contribution in [3.8, 4) is 11.5 Å². The summed E-state index contributed by atoms with van der Waals surface area (Å²) < 4.78 is 10.9. The van der Waals surface area contributed by atoms with Crippen LogP contribution in [0.15, 0.2) is 24.3 Å². The SMILES string of the molecule is CCOc1ccccc1OCC(=O)NC1CC(O)C1. The van der Waals surface area contributed by atoms with E-state index in [0.29, 0.717) is 30.9 Å². The average molecular weight is 265 g/mol. The molecular formula is C14H19NO4. The van der Waals surface area contributed by atoms with Crippen LogP contribution in [0.2, 0.25) is 0 Å². The highest BCUT2D eigenvalue weighted by Gasteiger charge is 2.28. The van der Waals surface area contributed by atoms with E-state index >= 15 is 0 Å². The van der Waals surface area contributed by atoms with Gasteiger partial charge in [0.2, 0.25) is 0 Å². The van der Waals surface area contributed by atoms with Crippen LogP contribution in [-0.2, 0) is 4.79 Å². The highest BCUT2D eigenvalue weighted by molar-refractivity contribution is 5.78. The Hall–Kier alpha value is -1.75. The minimum atomic E-state index is -0.273. The van der Waals surface area contributed by atoms with Gasteiger partial charge in [-0.05, 0) is 31.9 Å². The molecule has 1 aliphatic carbocycles. The summed E-state index contributed by atoms with van der Waals surface area (Å²) in [6, 6.07) is 7.34. The summed E-state index contributed by atoms with van der Waals surface area (Å²) in [7, 11) is 0. The van der Waals surface area contributed by atoms with Crippen LogP contribution in [0, 0.1) is 0 Å². The maximum Gasteiger partial charge on any atom is 0.258 e. The van der Waals surface area contributed by atoms with E-state index in [2.05, 4.69) is 5.32 Å². The van der Waals surface area contributed by atoms with Crippen molar-refractivity contribution < 1.29 is 19.4 Å². The van der Waals surface area contributed by atoms with Crippen LogP contribution in [0.25, 0.3) is 0 Å². The average Bonchev–Trinajstić information content (AvgIpc) is 2.36. The Labute approximate surface area is 112 Å². The van der Waals surface area contributed by atoms with Crippen molar-refractivity contribution in [1.29, 1.82) is 0 Å². The molecule has 104 valence electrons. The molecule has 1 aromatic rings. The topological polar surface area (TPSA) is 67.8 Å². The minimum Gasteiger partial charge on any atom is -0.490 e. The van der Waals surface area contributed by atoms with Gasteiger partial charge in [0.15, 0.2) is 18.1 Å². The van der Waals surface area contributed by atoms with Gasteiger partial charge >= 0.3 is 0 Å². The van der Waals surface area contributed by atoms with Crippen molar-refractivity contribution in [2.75, 3.05) is 13.2 Å². The van der Waals surface area contributed by atoms with Crippen molar-refractivity contribution in [2.24, 2.45) is 0 Å². The first-order valence-electron chi connectivity index (χ1n) is 6.51. The van der Waals surface area contributed by atoms with Crippen LogP contribution in [-0.4, -0.2) is 36.4 Å². The maximum absolute atomic E-state index is 11.6. The fraction of sp³-hybridized carbons (Fsp3) is 0.500. The molecule has 0 bridgehead atoms. The van der Waals surface area contributed by atoms with E-state index in [0.717, 1.165) is 0 Å². The molecule has 0 aromatic heterocycles. The number of hydrogen-bond donors (Lipinski definition) is 2. The molecule has 1 aromatic carbocycles. The zero-order valence-electron chi connectivity index (χ0n) is 11.0. The molecule has 0 heterocycles. The van der Waals surface area contributed by atoms with E-state index in [1.807, 2.05) is 19.1 Å². The van der Waals surface area contributed by atoms with E-state index in [1.54, 1.807) is 12.1 Å². The fourth-order valence-electron chi connectivity index (χ4n) is 1.96. The maximum atomic E-state index is 11.6. The van der Waals surface area contributed by atoms with Gasteiger partial charge in [-0.25, -0.2) is 0 Å². The molecule has 1 amide bonds. The number of carbonyl (C=O) groups is 1. The molecule has 0 saturated heterocycles. The number of hydrogen-bond acceptors (Lipinski definition) is 4. The third kappa shape index (κ3) is 3.86. The standard InChI is InChI=1S/C14H19NO4/c1-2-18-12-5-3-4-6-13(12)19-9-14(17)15-10-7-11(16)8-10/h3-6,10-11,16H,2,7-9H2,1H3,(H,15,17). The van der Waals surface area contributed by atoms with Gasteiger partial charge in [-0.15, -0.1) is 0 Å². The largest absolute Gasteiger partial charge is 0.490 e. The van der Waals surface area contributed by atoms with Gasteiger partial charge in [-0.2, -0.15) is 0 Å². The second-order valence-electron chi connectivity index (χ2n) is 4.56. The van der Waals surface area contributed by atoms with Gasteiger partial charge in [0.05, 0.1) is 12.7 Å². The lowest BCUT2D eigenvalue weighted by molar-refractivity contribution is -0.125. The lowest BCUT2D eigenvalue weighted by Gasteiger charge is -2.31. The minimum absolute atomic E-state index is 0.0450. The quantitative estimate of drug-likeness (QED) is 0.808. The Morgan fingerprint density at radius 2 is 1.95 bits per heavy atom. The van der Waals surface area contributed by atoms with Gasteiger partial charge < -0.3 is 19.9 Å². The number of aliphatic hydroxyl groups excluding tert-OH is 1. The molecule has 2 N–H and O–H groups in total. The number of rotatable bonds is 6. The lowest BCUT2D eigenvalue weighted by atomic mass is 9.89. The van der Waals surface area contributed by atoms with E-state index in [1.165, 1.54) is 0 Å². The summed E-state index contributed by atoms with van der Waals surface area (Å²) in [5.41, 5.74) is 0. The number of carbonyl (C=O) groups excluding carboxylic acids is 1. The molecule has 0 spiro atoms. The normalized spacial score (nSPS) is 21.4. The molecule has 0 aliphatic heterocycles. The Kier molecular flexibility index (Phi) is 4.63. The molecule has 0 unspecified atom stereocenters. The zero-order chi connectivity index (χ0) is 13.7. The van der Waals surface area contributed by atoms with Crippen molar-refractivity contribution in [3.05, 3.63) is 24.3 Å². The van der Waals surface area contributed by atoms with E-state index in [9.17, 15) is 4.79 Å². The molecular weight excluding hydrogens is 246 g/mol. The lowest BCUT2D eigenvalue weighted by Crippen LogP contribution is -2.48. The molecule has 1 aliphatic rings. The zero-order valence-corrected chi connectivity index (χ0v) is 11.0. The molecule has 5 nitrogen and oxygen atoms in total. The Morgan fingerprint density at radius 3 is 2.53 bits per heavy atom. The summed E-state index contributed by atoms with van der Waals surface area (Å²) >= 11 is 0. The molecule has 0 radical (unpaired) electrons. The number of nitrogens with one attached hydrogen (secondary N) is 1. The van der Waals surface area contributed by atoms with Crippen LogP contribution in [0.4, 0.5) is 0 Å². The second kappa shape index (κ2) is 6.43. The van der Waals surface area contributed by atoms with Crippen LogP contribution >= 0.6 is 0 Å². The number of amides is 1. The summed E-state index contributed by atoms with van der Waals surface area (Å²) in [4.78, 5) is 11.6. The predicted octanol–water partition coefficient (Wildman–Crippen LogP) is 1.10. The highest BCUT2D eigenvalue weighted by atomic mass is 16.5. The Balaban J connectivity index is 1.79. The van der Waals surface area contributed by atoms with Crippen molar-refractivity contribution in [2.45, 2.75) is 31.9 Å². The smallest absolute Gasteiger partial charge is 0.258 e. The van der Waals surface area contributed by atoms with E-state index in [-0.39, 0.29) is 24.7 Å². The number of ether oxygens (including phenoxy) is 2. The van der Waals surface area contributed by atoms with Crippen molar-refractivity contribution >= 4 is 5.91 Å². The van der Waals surface area contributed by atoms with Crippen molar-refractivity contribution in [3.63, 3.8) is 0 Å². The van der Waals surface area contributed by atoms with Crippen LogP contribution in [0.3, 0.4) is 0 Å². The van der Waals surface area contributed by atoms with Gasteiger partial charge in [-0.1, -0.05) is 12.1 Å². The van der Waals surface area contributed by atoms with Crippen LogP contribution in [0.5, 0.6) is 11.5 Å². The second-order valence-corrected chi connectivity index (χ2v) is 4.56. The van der Waals surface area contributed by atoms with Gasteiger partial charge in [-0.3, -0.25) is 4.79 Å². The van der Waals surface area contributed by atoms with Gasteiger partial charge in [0.1, 0.15) is 0 Å². The number of para-hydroxylation sites is 2. The summed E-state index contributed by atoms with van der Waals surface area (Å²) in [6.45, 7) is 2.40. The molecule has 1 saturated carbocycles. The first-order valence-corrected chi connectivity index (χ1v) is 6.51. The number of benzene rings is 1. The van der Waals surface area contributed by atoms with Gasteiger partial charge in [0, 0.05) is 6.04 Å². The first kappa shape index (κ1) is 13.7. The predicted molar refractivity (Wildman–Crippen MR) is 70.3 cm³/mol.